The van der Waals surface area contributed by atoms with Crippen molar-refractivity contribution in [1.82, 2.24) is 10.2 Å². The summed E-state index contributed by atoms with van der Waals surface area (Å²) in [5.74, 6) is 0.987. The maximum Gasteiger partial charge on any atom is 0.00949 e. The summed E-state index contributed by atoms with van der Waals surface area (Å²) in [6.07, 6.45) is 5.41. The lowest BCUT2D eigenvalue weighted by Gasteiger charge is -2.31. The molecule has 0 aliphatic heterocycles. The van der Waals surface area contributed by atoms with Crippen molar-refractivity contribution in [2.45, 2.75) is 58.5 Å². The molecule has 1 aliphatic carbocycles. The Hall–Kier alpha value is -0.0800. The van der Waals surface area contributed by atoms with Crippen molar-refractivity contribution in [1.29, 1.82) is 0 Å². The van der Waals surface area contributed by atoms with Crippen molar-refractivity contribution < 1.29 is 0 Å². The van der Waals surface area contributed by atoms with E-state index in [1.807, 2.05) is 0 Å². The molecule has 2 unspecified atom stereocenters. The lowest BCUT2D eigenvalue weighted by atomic mass is 10.1. The minimum atomic E-state index is 0.713. The lowest BCUT2D eigenvalue weighted by Crippen LogP contribution is -2.39. The molecule has 2 heteroatoms. The van der Waals surface area contributed by atoms with Gasteiger partial charge in [-0.3, -0.25) is 0 Å². The van der Waals surface area contributed by atoms with E-state index < -0.39 is 0 Å². The predicted molar refractivity (Wildman–Crippen MR) is 67.2 cm³/mol. The Morgan fingerprint density at radius 2 is 1.93 bits per heavy atom. The summed E-state index contributed by atoms with van der Waals surface area (Å²) < 4.78 is 0. The van der Waals surface area contributed by atoms with Gasteiger partial charge >= 0.3 is 0 Å². The molecule has 15 heavy (non-hydrogen) atoms. The van der Waals surface area contributed by atoms with Gasteiger partial charge in [0.05, 0.1) is 0 Å². The Balaban J connectivity index is 2.11. The molecule has 1 saturated carbocycles. The van der Waals surface area contributed by atoms with Crippen molar-refractivity contribution in [2.24, 2.45) is 5.92 Å². The quantitative estimate of drug-likeness (QED) is 0.622. The van der Waals surface area contributed by atoms with Crippen LogP contribution in [-0.2, 0) is 0 Å². The standard InChI is InChI=1S/C13H28N2/c1-5-9-14-10-8-11(2)15(4)12(3)13-6-7-13/h11-14H,5-10H2,1-4H3. The van der Waals surface area contributed by atoms with Gasteiger partial charge in [-0.1, -0.05) is 6.92 Å². The number of rotatable bonds is 8. The molecule has 90 valence electrons. The lowest BCUT2D eigenvalue weighted by molar-refractivity contribution is 0.170. The third kappa shape index (κ3) is 4.52. The predicted octanol–water partition coefficient (Wildman–Crippen LogP) is 2.49. The van der Waals surface area contributed by atoms with E-state index >= 15 is 0 Å². The van der Waals surface area contributed by atoms with Crippen LogP contribution in [0, 0.1) is 5.92 Å². The summed E-state index contributed by atoms with van der Waals surface area (Å²) in [5.41, 5.74) is 0. The van der Waals surface area contributed by atoms with Crippen LogP contribution in [-0.4, -0.2) is 37.1 Å². The molecule has 0 saturated heterocycles. The monoisotopic (exact) mass is 212 g/mol. The van der Waals surface area contributed by atoms with E-state index in [1.165, 1.54) is 25.7 Å². The SMILES string of the molecule is CCCNCCC(C)N(C)C(C)C1CC1. The third-order valence-corrected chi connectivity index (χ3v) is 3.81. The molecule has 0 radical (unpaired) electrons. The number of nitrogens with zero attached hydrogens (tertiary/aromatic N) is 1. The van der Waals surface area contributed by atoms with Gasteiger partial charge in [-0.2, -0.15) is 0 Å². The van der Waals surface area contributed by atoms with Gasteiger partial charge in [0.2, 0.25) is 0 Å². The summed E-state index contributed by atoms with van der Waals surface area (Å²) in [5, 5.41) is 3.48. The highest BCUT2D eigenvalue weighted by atomic mass is 15.2. The summed E-state index contributed by atoms with van der Waals surface area (Å²) >= 11 is 0. The fourth-order valence-corrected chi connectivity index (χ4v) is 2.13. The van der Waals surface area contributed by atoms with Crippen molar-refractivity contribution >= 4 is 0 Å². The molecule has 0 spiro atoms. The molecule has 1 aliphatic rings. The zero-order chi connectivity index (χ0) is 11.3. The normalized spacial score (nSPS) is 20.6. The smallest absolute Gasteiger partial charge is 0.00949 e. The first-order chi connectivity index (χ1) is 7.16. The zero-order valence-corrected chi connectivity index (χ0v) is 10.9. The van der Waals surface area contributed by atoms with E-state index in [0.29, 0.717) is 6.04 Å². The Morgan fingerprint density at radius 1 is 1.27 bits per heavy atom. The Bertz CT molecular complexity index is 166. The second-order valence-corrected chi connectivity index (χ2v) is 5.13. The van der Waals surface area contributed by atoms with E-state index in [4.69, 9.17) is 0 Å². The van der Waals surface area contributed by atoms with Crippen LogP contribution in [0.2, 0.25) is 0 Å². The molecule has 1 fully saturated rings. The highest BCUT2D eigenvalue weighted by Crippen LogP contribution is 2.35. The molecule has 0 bridgehead atoms. The first-order valence-corrected chi connectivity index (χ1v) is 6.59. The highest BCUT2D eigenvalue weighted by Gasteiger charge is 2.31. The largest absolute Gasteiger partial charge is 0.317 e. The molecule has 2 nitrogen and oxygen atoms in total. The second-order valence-electron chi connectivity index (χ2n) is 5.13. The summed E-state index contributed by atoms with van der Waals surface area (Å²) in [6.45, 7) is 9.28. The van der Waals surface area contributed by atoms with Gasteiger partial charge in [-0.05, 0) is 65.6 Å². The number of hydrogen-bond donors (Lipinski definition) is 1. The van der Waals surface area contributed by atoms with E-state index in [0.717, 1.165) is 25.0 Å². The number of nitrogens with one attached hydrogen (secondary N) is 1. The minimum absolute atomic E-state index is 0.713. The van der Waals surface area contributed by atoms with Crippen molar-refractivity contribution in [2.75, 3.05) is 20.1 Å². The number of hydrogen-bond acceptors (Lipinski definition) is 2. The molecule has 0 heterocycles. The van der Waals surface area contributed by atoms with Crippen LogP contribution in [0.1, 0.15) is 46.5 Å². The van der Waals surface area contributed by atoms with Crippen LogP contribution < -0.4 is 5.32 Å². The van der Waals surface area contributed by atoms with Gasteiger partial charge in [0, 0.05) is 12.1 Å². The second kappa shape index (κ2) is 6.49. The van der Waals surface area contributed by atoms with Crippen LogP contribution >= 0.6 is 0 Å². The molecule has 0 aromatic heterocycles. The van der Waals surface area contributed by atoms with Gasteiger partial charge in [-0.25, -0.2) is 0 Å². The first kappa shape index (κ1) is 13.0. The maximum atomic E-state index is 3.48. The molecular weight excluding hydrogens is 184 g/mol. The molecule has 1 rings (SSSR count). The Kier molecular flexibility index (Phi) is 5.62. The average molecular weight is 212 g/mol. The maximum absolute atomic E-state index is 3.48. The van der Waals surface area contributed by atoms with E-state index in [1.54, 1.807) is 0 Å². The van der Waals surface area contributed by atoms with Gasteiger partial charge in [0.25, 0.3) is 0 Å². The van der Waals surface area contributed by atoms with Crippen LogP contribution in [0.5, 0.6) is 0 Å². The summed E-state index contributed by atoms with van der Waals surface area (Å²) in [4.78, 5) is 2.56. The van der Waals surface area contributed by atoms with Gasteiger partial charge < -0.3 is 10.2 Å². The molecule has 2 atom stereocenters. The summed E-state index contributed by atoms with van der Waals surface area (Å²) in [7, 11) is 2.29. The fraction of sp³-hybridized carbons (Fsp3) is 1.00. The minimum Gasteiger partial charge on any atom is -0.317 e. The van der Waals surface area contributed by atoms with Crippen molar-refractivity contribution in [3.05, 3.63) is 0 Å². The van der Waals surface area contributed by atoms with Gasteiger partial charge in [-0.15, -0.1) is 0 Å². The van der Waals surface area contributed by atoms with E-state index in [-0.39, 0.29) is 0 Å². The van der Waals surface area contributed by atoms with Gasteiger partial charge in [0.15, 0.2) is 0 Å². The fourth-order valence-electron chi connectivity index (χ4n) is 2.13. The van der Waals surface area contributed by atoms with Crippen LogP contribution in [0.15, 0.2) is 0 Å². The molecule has 0 aromatic rings. The Morgan fingerprint density at radius 3 is 2.47 bits per heavy atom. The molecule has 0 aromatic carbocycles. The Labute approximate surface area is 95.4 Å². The van der Waals surface area contributed by atoms with Crippen molar-refractivity contribution in [3.63, 3.8) is 0 Å². The van der Waals surface area contributed by atoms with Crippen LogP contribution in [0.3, 0.4) is 0 Å². The van der Waals surface area contributed by atoms with Crippen LogP contribution in [0.25, 0.3) is 0 Å². The van der Waals surface area contributed by atoms with E-state index in [9.17, 15) is 0 Å². The van der Waals surface area contributed by atoms with Crippen LogP contribution in [0.4, 0.5) is 0 Å². The zero-order valence-electron chi connectivity index (χ0n) is 10.9. The summed E-state index contributed by atoms with van der Waals surface area (Å²) in [6, 6.07) is 1.50. The third-order valence-electron chi connectivity index (χ3n) is 3.81. The molecule has 0 amide bonds. The van der Waals surface area contributed by atoms with E-state index in [2.05, 4.69) is 38.0 Å². The van der Waals surface area contributed by atoms with Crippen molar-refractivity contribution in [3.8, 4) is 0 Å². The molecular formula is C13H28N2. The molecule has 1 N–H and O–H groups in total. The van der Waals surface area contributed by atoms with Gasteiger partial charge in [0.1, 0.15) is 0 Å². The average Bonchev–Trinajstić information content (AvgIpc) is 3.05. The highest BCUT2D eigenvalue weighted by molar-refractivity contribution is 4.85. The first-order valence-electron chi connectivity index (χ1n) is 6.59. The topological polar surface area (TPSA) is 15.3 Å².